The molecule has 0 bridgehead atoms. The Morgan fingerprint density at radius 2 is 1.75 bits per heavy atom. The number of carbonyl (C=O) groups is 2. The minimum Gasteiger partial charge on any atom is -0.332 e. The van der Waals surface area contributed by atoms with E-state index in [1.165, 1.54) is 0 Å². The number of hydrogen-bond donors (Lipinski definition) is 1. The summed E-state index contributed by atoms with van der Waals surface area (Å²) < 4.78 is 0.928. The number of nitrogens with zero attached hydrogens (tertiary/aromatic N) is 2. The van der Waals surface area contributed by atoms with Crippen LogP contribution in [0.25, 0.3) is 0 Å². The summed E-state index contributed by atoms with van der Waals surface area (Å²) in [7, 11) is 0. The molecular formula is C14H18BrN3O2. The SMILES string of the molecule is CCN1CCN(C(=O)C(=O)Nc2ccc(Br)cc2)CC1. The van der Waals surface area contributed by atoms with Crippen molar-refractivity contribution in [3.8, 4) is 0 Å². The van der Waals surface area contributed by atoms with Crippen molar-refractivity contribution >= 4 is 33.4 Å². The van der Waals surface area contributed by atoms with E-state index >= 15 is 0 Å². The van der Waals surface area contributed by atoms with Gasteiger partial charge in [0.2, 0.25) is 0 Å². The number of likely N-dealkylation sites (N-methyl/N-ethyl adjacent to an activating group) is 1. The molecule has 108 valence electrons. The van der Waals surface area contributed by atoms with Gasteiger partial charge in [-0.25, -0.2) is 0 Å². The normalized spacial score (nSPS) is 16.0. The molecule has 1 aromatic rings. The van der Waals surface area contributed by atoms with Gasteiger partial charge in [0.1, 0.15) is 0 Å². The second-order valence-corrected chi connectivity index (χ2v) is 5.60. The average molecular weight is 340 g/mol. The molecule has 1 N–H and O–H groups in total. The highest BCUT2D eigenvalue weighted by Crippen LogP contribution is 2.14. The first kappa shape index (κ1) is 15.0. The number of amides is 2. The number of carbonyl (C=O) groups excluding carboxylic acids is 2. The number of rotatable bonds is 2. The zero-order valence-electron chi connectivity index (χ0n) is 11.4. The molecule has 2 rings (SSSR count). The highest BCUT2D eigenvalue weighted by molar-refractivity contribution is 9.10. The maximum Gasteiger partial charge on any atom is 0.313 e. The Morgan fingerprint density at radius 3 is 2.30 bits per heavy atom. The summed E-state index contributed by atoms with van der Waals surface area (Å²) in [5.74, 6) is -1.03. The minimum atomic E-state index is -0.572. The maximum atomic E-state index is 12.1. The lowest BCUT2D eigenvalue weighted by atomic mass is 10.3. The Morgan fingerprint density at radius 1 is 1.15 bits per heavy atom. The summed E-state index contributed by atoms with van der Waals surface area (Å²) in [5, 5.41) is 2.63. The topological polar surface area (TPSA) is 52.7 Å². The first-order valence-corrected chi connectivity index (χ1v) is 7.47. The van der Waals surface area contributed by atoms with Crippen LogP contribution in [0.1, 0.15) is 6.92 Å². The molecule has 0 aliphatic carbocycles. The molecule has 1 aliphatic rings. The van der Waals surface area contributed by atoms with Gasteiger partial charge in [0.15, 0.2) is 0 Å². The predicted molar refractivity (Wildman–Crippen MR) is 81.5 cm³/mol. The van der Waals surface area contributed by atoms with E-state index < -0.39 is 11.8 Å². The Kier molecular flexibility index (Phi) is 5.14. The van der Waals surface area contributed by atoms with Crippen LogP contribution in [0.4, 0.5) is 5.69 Å². The highest BCUT2D eigenvalue weighted by atomic mass is 79.9. The molecule has 0 saturated carbocycles. The first-order chi connectivity index (χ1) is 9.60. The Balaban J connectivity index is 1.89. The third kappa shape index (κ3) is 3.80. The van der Waals surface area contributed by atoms with E-state index in [0.29, 0.717) is 18.8 Å². The quantitative estimate of drug-likeness (QED) is 0.832. The van der Waals surface area contributed by atoms with E-state index in [9.17, 15) is 9.59 Å². The molecule has 1 fully saturated rings. The fraction of sp³-hybridized carbons (Fsp3) is 0.429. The molecule has 0 spiro atoms. The molecule has 1 saturated heterocycles. The molecular weight excluding hydrogens is 322 g/mol. The first-order valence-electron chi connectivity index (χ1n) is 6.68. The van der Waals surface area contributed by atoms with Gasteiger partial charge in [0, 0.05) is 36.3 Å². The highest BCUT2D eigenvalue weighted by Gasteiger charge is 2.25. The average Bonchev–Trinajstić information content (AvgIpc) is 2.49. The van der Waals surface area contributed by atoms with Gasteiger partial charge in [-0.15, -0.1) is 0 Å². The van der Waals surface area contributed by atoms with Crippen LogP contribution >= 0.6 is 15.9 Å². The Bertz CT molecular complexity index is 482. The van der Waals surface area contributed by atoms with Gasteiger partial charge >= 0.3 is 11.8 Å². The van der Waals surface area contributed by atoms with Crippen molar-refractivity contribution in [2.24, 2.45) is 0 Å². The van der Waals surface area contributed by atoms with Crippen LogP contribution in [0.15, 0.2) is 28.7 Å². The number of halogens is 1. The van der Waals surface area contributed by atoms with Gasteiger partial charge in [-0.05, 0) is 30.8 Å². The van der Waals surface area contributed by atoms with Crippen molar-refractivity contribution in [3.05, 3.63) is 28.7 Å². The standard InChI is InChI=1S/C14H18BrN3O2/c1-2-17-7-9-18(10-8-17)14(20)13(19)16-12-5-3-11(15)4-6-12/h3-6H,2,7-10H2,1H3,(H,16,19). The van der Waals surface area contributed by atoms with Crippen molar-refractivity contribution in [2.45, 2.75) is 6.92 Å². The molecule has 0 aromatic heterocycles. The second kappa shape index (κ2) is 6.85. The molecule has 5 nitrogen and oxygen atoms in total. The number of piperazine rings is 1. The van der Waals surface area contributed by atoms with E-state index in [1.54, 1.807) is 17.0 Å². The van der Waals surface area contributed by atoms with Crippen molar-refractivity contribution < 1.29 is 9.59 Å². The lowest BCUT2D eigenvalue weighted by Crippen LogP contribution is -2.51. The van der Waals surface area contributed by atoms with Crippen LogP contribution in [-0.2, 0) is 9.59 Å². The molecule has 1 heterocycles. The third-order valence-corrected chi connectivity index (χ3v) is 3.93. The van der Waals surface area contributed by atoms with Gasteiger partial charge < -0.3 is 15.1 Å². The molecule has 0 radical (unpaired) electrons. The van der Waals surface area contributed by atoms with E-state index in [0.717, 1.165) is 24.1 Å². The zero-order valence-corrected chi connectivity index (χ0v) is 13.0. The second-order valence-electron chi connectivity index (χ2n) is 4.69. The van der Waals surface area contributed by atoms with Gasteiger partial charge in [-0.1, -0.05) is 22.9 Å². The number of hydrogen-bond acceptors (Lipinski definition) is 3. The lowest BCUT2D eigenvalue weighted by molar-refractivity contribution is -0.144. The van der Waals surface area contributed by atoms with Crippen molar-refractivity contribution in [3.63, 3.8) is 0 Å². The van der Waals surface area contributed by atoms with E-state index in [2.05, 4.69) is 33.1 Å². The van der Waals surface area contributed by atoms with E-state index in [4.69, 9.17) is 0 Å². The molecule has 1 aliphatic heterocycles. The van der Waals surface area contributed by atoms with Crippen molar-refractivity contribution in [1.29, 1.82) is 0 Å². The van der Waals surface area contributed by atoms with Crippen LogP contribution in [0.5, 0.6) is 0 Å². The van der Waals surface area contributed by atoms with Gasteiger partial charge in [0.25, 0.3) is 0 Å². The van der Waals surface area contributed by atoms with Crippen LogP contribution < -0.4 is 5.32 Å². The van der Waals surface area contributed by atoms with E-state index in [-0.39, 0.29) is 0 Å². The van der Waals surface area contributed by atoms with Crippen LogP contribution in [0.2, 0.25) is 0 Å². The molecule has 0 atom stereocenters. The van der Waals surface area contributed by atoms with Crippen LogP contribution in [-0.4, -0.2) is 54.3 Å². The number of anilines is 1. The summed E-state index contributed by atoms with van der Waals surface area (Å²) >= 11 is 3.32. The predicted octanol–water partition coefficient (Wildman–Crippen LogP) is 1.55. The lowest BCUT2D eigenvalue weighted by Gasteiger charge is -2.33. The fourth-order valence-electron chi connectivity index (χ4n) is 2.13. The number of nitrogens with one attached hydrogen (secondary N) is 1. The van der Waals surface area contributed by atoms with E-state index in [1.807, 2.05) is 12.1 Å². The van der Waals surface area contributed by atoms with Gasteiger partial charge in [0.05, 0.1) is 0 Å². The Hall–Kier alpha value is -1.40. The molecule has 2 amide bonds. The van der Waals surface area contributed by atoms with Gasteiger partial charge in [-0.2, -0.15) is 0 Å². The van der Waals surface area contributed by atoms with Gasteiger partial charge in [-0.3, -0.25) is 9.59 Å². The largest absolute Gasteiger partial charge is 0.332 e. The Labute approximate surface area is 127 Å². The van der Waals surface area contributed by atoms with Crippen LogP contribution in [0.3, 0.4) is 0 Å². The minimum absolute atomic E-state index is 0.455. The summed E-state index contributed by atoms with van der Waals surface area (Å²) in [5.41, 5.74) is 0.624. The molecule has 0 unspecified atom stereocenters. The summed E-state index contributed by atoms with van der Waals surface area (Å²) in [6.07, 6.45) is 0. The fourth-order valence-corrected chi connectivity index (χ4v) is 2.39. The smallest absolute Gasteiger partial charge is 0.313 e. The van der Waals surface area contributed by atoms with Crippen molar-refractivity contribution in [1.82, 2.24) is 9.80 Å². The summed E-state index contributed by atoms with van der Waals surface area (Å²) in [6, 6.07) is 7.15. The maximum absolute atomic E-state index is 12.1. The molecule has 20 heavy (non-hydrogen) atoms. The molecule has 6 heteroatoms. The van der Waals surface area contributed by atoms with Crippen molar-refractivity contribution in [2.75, 3.05) is 38.0 Å². The number of benzene rings is 1. The summed E-state index contributed by atoms with van der Waals surface area (Å²) in [4.78, 5) is 27.8. The zero-order chi connectivity index (χ0) is 14.5. The third-order valence-electron chi connectivity index (χ3n) is 3.40. The molecule has 1 aromatic carbocycles. The van der Waals surface area contributed by atoms with Crippen LogP contribution in [0, 0.1) is 0 Å². The monoisotopic (exact) mass is 339 g/mol. The summed E-state index contributed by atoms with van der Waals surface area (Å²) in [6.45, 7) is 5.95.